The molecule has 0 spiro atoms. The number of hydrogen-bond donors (Lipinski definition) is 1. The van der Waals surface area contributed by atoms with Gasteiger partial charge in [-0.05, 0) is 49.2 Å². The van der Waals surface area contributed by atoms with Crippen molar-refractivity contribution < 1.29 is 9.53 Å². The van der Waals surface area contributed by atoms with Gasteiger partial charge >= 0.3 is 0 Å². The number of rotatable bonds is 3. The van der Waals surface area contributed by atoms with Crippen molar-refractivity contribution in [1.82, 2.24) is 10.2 Å². The molecule has 1 aliphatic rings. The molecule has 2 aromatic rings. The lowest BCUT2D eigenvalue weighted by molar-refractivity contribution is 0.0771. The van der Waals surface area contributed by atoms with Gasteiger partial charge in [0.05, 0.1) is 12.0 Å². The summed E-state index contributed by atoms with van der Waals surface area (Å²) in [6, 6.07) is 10.0. The van der Waals surface area contributed by atoms with Crippen molar-refractivity contribution in [2.75, 3.05) is 33.3 Å². The number of hydrogen-bond acceptors (Lipinski definition) is 4. The molecule has 1 aromatic heterocycles. The van der Waals surface area contributed by atoms with Crippen LogP contribution in [0.1, 0.15) is 21.0 Å². The highest BCUT2D eigenvalue weighted by molar-refractivity contribution is 7.14. The Morgan fingerprint density at radius 2 is 1.96 bits per heavy atom. The summed E-state index contributed by atoms with van der Waals surface area (Å²) in [5, 5.41) is 3.33. The van der Waals surface area contributed by atoms with Crippen LogP contribution in [0.3, 0.4) is 0 Å². The van der Waals surface area contributed by atoms with Crippen molar-refractivity contribution >= 4 is 29.7 Å². The van der Waals surface area contributed by atoms with E-state index in [0.717, 1.165) is 54.4 Å². The number of ether oxygens (including phenoxy) is 1. The smallest absolute Gasteiger partial charge is 0.263 e. The van der Waals surface area contributed by atoms with Gasteiger partial charge in [0, 0.05) is 24.5 Å². The fourth-order valence-electron chi connectivity index (χ4n) is 2.85. The van der Waals surface area contributed by atoms with E-state index >= 15 is 0 Å². The molecule has 0 unspecified atom stereocenters. The van der Waals surface area contributed by atoms with Crippen molar-refractivity contribution in [2.24, 2.45) is 0 Å². The van der Waals surface area contributed by atoms with Crippen LogP contribution in [0, 0.1) is 6.92 Å². The Bertz CT molecular complexity index is 677. The zero-order chi connectivity index (χ0) is 16.2. The van der Waals surface area contributed by atoms with Crippen LogP contribution in [0.2, 0.25) is 0 Å². The zero-order valence-corrected chi connectivity index (χ0v) is 15.6. The Hall–Kier alpha value is -1.56. The van der Waals surface area contributed by atoms with Gasteiger partial charge < -0.3 is 15.0 Å². The van der Waals surface area contributed by atoms with E-state index < -0.39 is 0 Å². The van der Waals surface area contributed by atoms with Gasteiger partial charge in [0.25, 0.3) is 5.91 Å². The third-order valence-corrected chi connectivity index (χ3v) is 5.20. The summed E-state index contributed by atoms with van der Waals surface area (Å²) in [6.07, 6.45) is 1.02. The van der Waals surface area contributed by atoms with Gasteiger partial charge in [-0.1, -0.05) is 12.1 Å². The molecule has 1 N–H and O–H groups in total. The monoisotopic (exact) mass is 366 g/mol. The normalized spacial score (nSPS) is 14.7. The van der Waals surface area contributed by atoms with E-state index in [9.17, 15) is 4.79 Å². The number of carbonyl (C=O) groups is 1. The molecule has 3 rings (SSSR count). The molecule has 0 bridgehead atoms. The number of carbonyl (C=O) groups excluding carboxylic acids is 1. The minimum Gasteiger partial charge on any atom is -0.497 e. The lowest BCUT2D eigenvalue weighted by atomic mass is 10.1. The van der Waals surface area contributed by atoms with Crippen molar-refractivity contribution in [3.8, 4) is 16.9 Å². The van der Waals surface area contributed by atoms with Crippen LogP contribution in [0.4, 0.5) is 0 Å². The Kier molecular flexibility index (Phi) is 6.66. The van der Waals surface area contributed by atoms with Crippen molar-refractivity contribution in [2.45, 2.75) is 13.3 Å². The van der Waals surface area contributed by atoms with Gasteiger partial charge in [0.1, 0.15) is 5.75 Å². The average Bonchev–Trinajstić information content (AvgIpc) is 2.79. The van der Waals surface area contributed by atoms with Gasteiger partial charge in [-0.2, -0.15) is 0 Å². The molecule has 1 aliphatic heterocycles. The summed E-state index contributed by atoms with van der Waals surface area (Å²) in [5.41, 5.74) is 2.25. The number of nitrogens with one attached hydrogen (secondary N) is 1. The molecule has 0 radical (unpaired) electrons. The molecular formula is C18H23ClN2O2S. The molecule has 2 heterocycles. The van der Waals surface area contributed by atoms with Crippen LogP contribution in [-0.4, -0.2) is 44.1 Å². The molecule has 0 aliphatic carbocycles. The quantitative estimate of drug-likeness (QED) is 0.902. The average molecular weight is 367 g/mol. The van der Waals surface area contributed by atoms with Crippen LogP contribution < -0.4 is 10.1 Å². The molecule has 0 atom stereocenters. The summed E-state index contributed by atoms with van der Waals surface area (Å²) in [6.45, 7) is 5.56. The molecule has 1 aromatic carbocycles. The molecule has 1 amide bonds. The lowest BCUT2D eigenvalue weighted by Crippen LogP contribution is -2.33. The summed E-state index contributed by atoms with van der Waals surface area (Å²) in [7, 11) is 1.66. The maximum Gasteiger partial charge on any atom is 0.263 e. The van der Waals surface area contributed by atoms with Crippen molar-refractivity contribution in [3.63, 3.8) is 0 Å². The van der Waals surface area contributed by atoms with E-state index in [1.165, 1.54) is 4.88 Å². The number of amides is 1. The van der Waals surface area contributed by atoms with Crippen molar-refractivity contribution in [3.05, 3.63) is 40.1 Å². The van der Waals surface area contributed by atoms with Gasteiger partial charge in [-0.25, -0.2) is 0 Å². The zero-order valence-electron chi connectivity index (χ0n) is 14.0. The number of nitrogens with zero attached hydrogens (tertiary/aromatic N) is 1. The van der Waals surface area contributed by atoms with E-state index in [0.29, 0.717) is 0 Å². The Morgan fingerprint density at radius 3 is 2.67 bits per heavy atom. The maximum absolute atomic E-state index is 12.7. The first-order chi connectivity index (χ1) is 11.2. The van der Waals surface area contributed by atoms with Gasteiger partial charge in [0.15, 0.2) is 0 Å². The van der Waals surface area contributed by atoms with E-state index in [-0.39, 0.29) is 18.3 Å². The number of benzene rings is 1. The Labute approximate surface area is 153 Å². The summed E-state index contributed by atoms with van der Waals surface area (Å²) >= 11 is 1.58. The first kappa shape index (κ1) is 18.8. The van der Waals surface area contributed by atoms with Crippen LogP contribution in [-0.2, 0) is 0 Å². The second-order valence-corrected chi connectivity index (χ2v) is 6.96. The van der Waals surface area contributed by atoms with Gasteiger partial charge in [0.2, 0.25) is 0 Å². The standard InChI is InChI=1S/C18H22N2O2S.ClH/c1-13-16(14-4-6-15(22-2)7-5-14)12-17(23-13)18(21)20-10-3-8-19-9-11-20;/h4-7,12,19H,3,8-11H2,1-2H3;1H. The lowest BCUT2D eigenvalue weighted by Gasteiger charge is -2.18. The molecule has 0 saturated carbocycles. The van der Waals surface area contributed by atoms with E-state index in [1.54, 1.807) is 18.4 Å². The highest BCUT2D eigenvalue weighted by Crippen LogP contribution is 2.32. The third-order valence-electron chi connectivity index (χ3n) is 4.16. The number of thiophene rings is 1. The van der Waals surface area contributed by atoms with Crippen LogP contribution in [0.25, 0.3) is 11.1 Å². The van der Waals surface area contributed by atoms with Crippen LogP contribution in [0.5, 0.6) is 5.75 Å². The summed E-state index contributed by atoms with van der Waals surface area (Å²) in [5.74, 6) is 0.997. The minimum atomic E-state index is 0. The Balaban J connectivity index is 0.00000208. The minimum absolute atomic E-state index is 0. The highest BCUT2D eigenvalue weighted by atomic mass is 35.5. The highest BCUT2D eigenvalue weighted by Gasteiger charge is 2.20. The second-order valence-electron chi connectivity index (χ2n) is 5.70. The second kappa shape index (κ2) is 8.51. The molecule has 130 valence electrons. The largest absolute Gasteiger partial charge is 0.497 e. The summed E-state index contributed by atoms with van der Waals surface area (Å²) < 4.78 is 5.21. The number of aryl methyl sites for hydroxylation is 1. The van der Waals surface area contributed by atoms with Crippen molar-refractivity contribution in [1.29, 1.82) is 0 Å². The maximum atomic E-state index is 12.7. The number of halogens is 1. The molecule has 24 heavy (non-hydrogen) atoms. The molecule has 1 fully saturated rings. The van der Waals surface area contributed by atoms with E-state index in [4.69, 9.17) is 4.74 Å². The predicted molar refractivity (Wildman–Crippen MR) is 102 cm³/mol. The van der Waals surface area contributed by atoms with Gasteiger partial charge in [-0.3, -0.25) is 4.79 Å². The Morgan fingerprint density at radius 1 is 1.21 bits per heavy atom. The third kappa shape index (κ3) is 4.09. The van der Waals surface area contributed by atoms with E-state index in [1.807, 2.05) is 35.2 Å². The molecule has 1 saturated heterocycles. The molecule has 6 heteroatoms. The SMILES string of the molecule is COc1ccc(-c2cc(C(=O)N3CCCNCC3)sc2C)cc1.Cl. The fraction of sp³-hybridized carbons (Fsp3) is 0.389. The first-order valence-electron chi connectivity index (χ1n) is 7.94. The predicted octanol–water partition coefficient (Wildman–Crippen LogP) is 3.59. The first-order valence-corrected chi connectivity index (χ1v) is 8.75. The fourth-order valence-corrected chi connectivity index (χ4v) is 3.86. The van der Waals surface area contributed by atoms with Gasteiger partial charge in [-0.15, -0.1) is 23.7 Å². The molecule has 4 nitrogen and oxygen atoms in total. The number of methoxy groups -OCH3 is 1. The molecular weight excluding hydrogens is 344 g/mol. The van der Waals surface area contributed by atoms with E-state index in [2.05, 4.69) is 12.2 Å². The summed E-state index contributed by atoms with van der Waals surface area (Å²) in [4.78, 5) is 16.7. The van der Waals surface area contributed by atoms with Crippen LogP contribution >= 0.6 is 23.7 Å². The van der Waals surface area contributed by atoms with Crippen LogP contribution in [0.15, 0.2) is 30.3 Å². The topological polar surface area (TPSA) is 41.6 Å².